The van der Waals surface area contributed by atoms with E-state index >= 15 is 0 Å². The van der Waals surface area contributed by atoms with E-state index in [2.05, 4.69) is 21.2 Å². The van der Waals surface area contributed by atoms with Crippen molar-refractivity contribution in [1.82, 2.24) is 5.32 Å². The number of nitrogens with one attached hydrogen (secondary N) is 1. The van der Waals surface area contributed by atoms with Gasteiger partial charge in [0.1, 0.15) is 11.4 Å². The lowest BCUT2D eigenvalue weighted by atomic mass is 10.1. The summed E-state index contributed by atoms with van der Waals surface area (Å²) in [6.45, 7) is 0. The molecule has 1 saturated carbocycles. The van der Waals surface area contributed by atoms with Crippen molar-refractivity contribution in [1.29, 1.82) is 0 Å². The number of carbonyl (C=O) groups excluding carboxylic acids is 1. The van der Waals surface area contributed by atoms with Crippen LogP contribution in [-0.2, 0) is 16.0 Å². The van der Waals surface area contributed by atoms with Crippen molar-refractivity contribution in [3.05, 3.63) is 34.1 Å². The maximum atomic E-state index is 13.0. The van der Waals surface area contributed by atoms with Crippen molar-refractivity contribution < 1.29 is 19.1 Å². The molecule has 0 heterocycles. The third-order valence-electron chi connectivity index (χ3n) is 2.89. The smallest absolute Gasteiger partial charge is 0.329 e. The molecule has 0 aromatic heterocycles. The van der Waals surface area contributed by atoms with E-state index in [0.717, 1.165) is 0 Å². The molecule has 0 spiro atoms. The summed E-state index contributed by atoms with van der Waals surface area (Å²) in [7, 11) is 0. The molecule has 0 radical (unpaired) electrons. The number of halogens is 2. The van der Waals surface area contributed by atoms with Crippen molar-refractivity contribution in [2.45, 2.75) is 24.8 Å². The SMILES string of the molecule is O=C(Cc1ccc(F)c(Br)c1)NC1(C(=O)O)CC1. The van der Waals surface area contributed by atoms with Crippen LogP contribution in [0, 0.1) is 5.82 Å². The summed E-state index contributed by atoms with van der Waals surface area (Å²) in [5, 5.41) is 11.4. The first-order chi connectivity index (χ1) is 8.43. The molecule has 18 heavy (non-hydrogen) atoms. The molecule has 1 amide bonds. The molecule has 1 fully saturated rings. The van der Waals surface area contributed by atoms with Gasteiger partial charge in [-0.25, -0.2) is 9.18 Å². The summed E-state index contributed by atoms with van der Waals surface area (Å²) in [5.74, 6) is -1.77. The topological polar surface area (TPSA) is 66.4 Å². The first-order valence-electron chi connectivity index (χ1n) is 5.41. The standard InChI is InChI=1S/C12H11BrFNO3/c13-8-5-7(1-2-9(8)14)6-10(16)15-12(3-4-12)11(17)18/h1-2,5H,3-4,6H2,(H,15,16)(H,17,18). The van der Waals surface area contributed by atoms with Crippen LogP contribution >= 0.6 is 15.9 Å². The molecule has 1 aromatic rings. The minimum atomic E-state index is -1.08. The fourth-order valence-corrected chi connectivity index (χ4v) is 2.09. The highest BCUT2D eigenvalue weighted by Crippen LogP contribution is 2.35. The van der Waals surface area contributed by atoms with Gasteiger partial charge in [0.05, 0.1) is 10.9 Å². The van der Waals surface area contributed by atoms with E-state index in [1.165, 1.54) is 18.2 Å². The molecule has 0 aliphatic heterocycles. The average Bonchev–Trinajstić information content (AvgIpc) is 3.04. The largest absolute Gasteiger partial charge is 0.480 e. The van der Waals surface area contributed by atoms with E-state index in [-0.39, 0.29) is 16.8 Å². The molecule has 0 bridgehead atoms. The predicted octanol–water partition coefficient (Wildman–Crippen LogP) is 1.86. The summed E-state index contributed by atoms with van der Waals surface area (Å²) in [4.78, 5) is 22.6. The van der Waals surface area contributed by atoms with Crippen LogP contribution in [0.3, 0.4) is 0 Å². The monoisotopic (exact) mass is 315 g/mol. The second-order valence-corrected chi connectivity index (χ2v) is 5.22. The summed E-state index contributed by atoms with van der Waals surface area (Å²) in [6, 6.07) is 4.27. The van der Waals surface area contributed by atoms with Crippen molar-refractivity contribution in [3.63, 3.8) is 0 Å². The number of aliphatic carboxylic acids is 1. The van der Waals surface area contributed by atoms with Gasteiger partial charge < -0.3 is 10.4 Å². The van der Waals surface area contributed by atoms with Crippen LogP contribution in [0.1, 0.15) is 18.4 Å². The number of carboxylic acid groups (broad SMARTS) is 1. The number of hydrogen-bond donors (Lipinski definition) is 2. The molecule has 2 rings (SSSR count). The number of hydrogen-bond acceptors (Lipinski definition) is 2. The maximum absolute atomic E-state index is 13.0. The molecule has 0 atom stereocenters. The molecule has 1 aliphatic carbocycles. The van der Waals surface area contributed by atoms with Crippen LogP contribution in [0.25, 0.3) is 0 Å². The Bertz CT molecular complexity index is 514. The molecule has 1 aliphatic rings. The van der Waals surface area contributed by atoms with E-state index in [1.54, 1.807) is 0 Å². The van der Waals surface area contributed by atoms with Gasteiger partial charge in [-0.1, -0.05) is 6.07 Å². The Hall–Kier alpha value is -1.43. The van der Waals surface area contributed by atoms with Gasteiger partial charge in [0, 0.05) is 0 Å². The van der Waals surface area contributed by atoms with Gasteiger partial charge in [-0.05, 0) is 46.5 Å². The fraction of sp³-hybridized carbons (Fsp3) is 0.333. The Morgan fingerprint density at radius 1 is 1.44 bits per heavy atom. The highest BCUT2D eigenvalue weighted by molar-refractivity contribution is 9.10. The number of rotatable bonds is 4. The third kappa shape index (κ3) is 2.69. The van der Waals surface area contributed by atoms with Gasteiger partial charge in [0.25, 0.3) is 0 Å². The van der Waals surface area contributed by atoms with E-state index in [4.69, 9.17) is 5.11 Å². The van der Waals surface area contributed by atoms with Gasteiger partial charge in [-0.15, -0.1) is 0 Å². The summed E-state index contributed by atoms with van der Waals surface area (Å²) in [6.07, 6.45) is 0.955. The van der Waals surface area contributed by atoms with Crippen LogP contribution < -0.4 is 5.32 Å². The highest BCUT2D eigenvalue weighted by Gasteiger charge is 2.51. The minimum absolute atomic E-state index is 0.0356. The molecule has 4 nitrogen and oxygen atoms in total. The number of amides is 1. The zero-order valence-electron chi connectivity index (χ0n) is 9.37. The second kappa shape index (κ2) is 4.68. The lowest BCUT2D eigenvalue weighted by Crippen LogP contribution is -2.43. The predicted molar refractivity (Wildman–Crippen MR) is 65.5 cm³/mol. The summed E-state index contributed by atoms with van der Waals surface area (Å²) >= 11 is 3.03. The first kappa shape index (κ1) is 13.0. The Morgan fingerprint density at radius 3 is 2.61 bits per heavy atom. The number of benzene rings is 1. The van der Waals surface area contributed by atoms with E-state index < -0.39 is 17.3 Å². The van der Waals surface area contributed by atoms with Crippen LogP contribution in [0.15, 0.2) is 22.7 Å². The molecule has 6 heteroatoms. The lowest BCUT2D eigenvalue weighted by Gasteiger charge is -2.12. The fourth-order valence-electron chi connectivity index (χ4n) is 1.66. The van der Waals surface area contributed by atoms with Crippen molar-refractivity contribution in [3.8, 4) is 0 Å². The normalized spacial score (nSPS) is 16.1. The van der Waals surface area contributed by atoms with Crippen molar-refractivity contribution >= 4 is 27.8 Å². The van der Waals surface area contributed by atoms with Gasteiger partial charge in [0.2, 0.25) is 5.91 Å². The Morgan fingerprint density at radius 2 is 2.11 bits per heavy atom. The quantitative estimate of drug-likeness (QED) is 0.891. The Kier molecular flexibility index (Phi) is 3.38. The highest BCUT2D eigenvalue weighted by atomic mass is 79.9. The molecular weight excluding hydrogens is 305 g/mol. The molecule has 2 N–H and O–H groups in total. The van der Waals surface area contributed by atoms with E-state index in [1.807, 2.05) is 0 Å². The Labute approximate surface area is 111 Å². The van der Waals surface area contributed by atoms with E-state index in [0.29, 0.717) is 18.4 Å². The minimum Gasteiger partial charge on any atom is -0.480 e. The van der Waals surface area contributed by atoms with Gasteiger partial charge >= 0.3 is 5.97 Å². The molecule has 0 saturated heterocycles. The van der Waals surface area contributed by atoms with Crippen LogP contribution in [0.4, 0.5) is 4.39 Å². The second-order valence-electron chi connectivity index (χ2n) is 4.36. The van der Waals surface area contributed by atoms with Crippen LogP contribution in [0.2, 0.25) is 0 Å². The zero-order valence-corrected chi connectivity index (χ0v) is 11.0. The van der Waals surface area contributed by atoms with Gasteiger partial charge in [-0.3, -0.25) is 4.79 Å². The molecular formula is C12H11BrFNO3. The Balaban J connectivity index is 1.99. The first-order valence-corrected chi connectivity index (χ1v) is 6.21. The maximum Gasteiger partial charge on any atom is 0.329 e. The number of carboxylic acids is 1. The lowest BCUT2D eigenvalue weighted by molar-refractivity contribution is -0.143. The van der Waals surface area contributed by atoms with Gasteiger partial charge in [-0.2, -0.15) is 0 Å². The summed E-state index contributed by atoms with van der Waals surface area (Å²) < 4.78 is 13.3. The van der Waals surface area contributed by atoms with E-state index in [9.17, 15) is 14.0 Å². The number of carbonyl (C=O) groups is 2. The van der Waals surface area contributed by atoms with Gasteiger partial charge in [0.15, 0.2) is 0 Å². The molecule has 1 aromatic carbocycles. The third-order valence-corrected chi connectivity index (χ3v) is 3.49. The summed E-state index contributed by atoms with van der Waals surface area (Å²) in [5.41, 5.74) is -0.448. The van der Waals surface area contributed by atoms with Crippen LogP contribution in [-0.4, -0.2) is 22.5 Å². The van der Waals surface area contributed by atoms with Crippen LogP contribution in [0.5, 0.6) is 0 Å². The molecule has 0 unspecified atom stereocenters. The molecule has 96 valence electrons. The van der Waals surface area contributed by atoms with Crippen molar-refractivity contribution in [2.24, 2.45) is 0 Å². The zero-order chi connectivity index (χ0) is 13.3. The van der Waals surface area contributed by atoms with Crippen molar-refractivity contribution in [2.75, 3.05) is 0 Å². The average molecular weight is 316 g/mol.